The highest BCUT2D eigenvalue weighted by Gasteiger charge is 2.48. The van der Waals surface area contributed by atoms with Gasteiger partial charge in [-0.3, -0.25) is 4.79 Å². The number of ether oxygens (including phenoxy) is 2. The van der Waals surface area contributed by atoms with E-state index in [4.69, 9.17) is 14.0 Å². The van der Waals surface area contributed by atoms with Crippen molar-refractivity contribution in [3.8, 4) is 0 Å². The van der Waals surface area contributed by atoms with Gasteiger partial charge in [-0.25, -0.2) is 0 Å². The molecule has 0 aliphatic carbocycles. The summed E-state index contributed by atoms with van der Waals surface area (Å²) in [5.74, 6) is 1.39. The fraction of sp³-hybridized carbons (Fsp3) is 0.526. The minimum absolute atomic E-state index is 0.0456. The first kappa shape index (κ1) is 17.2. The lowest BCUT2D eigenvalue weighted by atomic mass is 9.88. The molecule has 4 rings (SSSR count). The molecule has 0 atom stereocenters. The van der Waals surface area contributed by atoms with Crippen LogP contribution in [0.5, 0.6) is 0 Å². The second kappa shape index (κ2) is 7.17. The van der Waals surface area contributed by atoms with Gasteiger partial charge in [0.1, 0.15) is 0 Å². The van der Waals surface area contributed by atoms with Crippen molar-refractivity contribution in [3.05, 3.63) is 47.6 Å². The Bertz CT molecular complexity index is 749. The fourth-order valence-electron chi connectivity index (χ4n) is 3.48. The molecule has 1 aromatic heterocycles. The molecule has 2 aliphatic heterocycles. The lowest BCUT2D eigenvalue weighted by Crippen LogP contribution is -2.59. The molecular formula is C19H23N3O4. The Labute approximate surface area is 152 Å². The van der Waals surface area contributed by atoms with Crippen LogP contribution in [-0.4, -0.2) is 52.9 Å². The maximum atomic E-state index is 13.2. The molecule has 7 nitrogen and oxygen atoms in total. The number of amides is 1. The van der Waals surface area contributed by atoms with Gasteiger partial charge in [0.25, 0.3) is 5.91 Å². The van der Waals surface area contributed by atoms with Crippen LogP contribution in [-0.2, 0) is 20.9 Å². The van der Waals surface area contributed by atoms with E-state index < -0.39 is 5.60 Å². The molecule has 0 unspecified atom stereocenters. The normalized spacial score (nSPS) is 20.0. The Kier molecular flexibility index (Phi) is 4.74. The number of hydrogen-bond acceptors (Lipinski definition) is 6. The molecule has 1 amide bonds. The van der Waals surface area contributed by atoms with Gasteiger partial charge in [-0.1, -0.05) is 35.5 Å². The lowest BCUT2D eigenvalue weighted by Gasteiger charge is -2.45. The zero-order chi connectivity index (χ0) is 18.0. The van der Waals surface area contributed by atoms with Crippen LogP contribution in [0.3, 0.4) is 0 Å². The number of nitrogens with zero attached hydrogens (tertiary/aromatic N) is 3. The molecule has 26 heavy (non-hydrogen) atoms. The highest BCUT2D eigenvalue weighted by Crippen LogP contribution is 2.34. The molecule has 2 saturated heterocycles. The van der Waals surface area contributed by atoms with Crippen molar-refractivity contribution in [1.82, 2.24) is 15.0 Å². The monoisotopic (exact) mass is 357 g/mol. The molecule has 2 fully saturated rings. The van der Waals surface area contributed by atoms with Crippen molar-refractivity contribution in [1.29, 1.82) is 0 Å². The smallest absolute Gasteiger partial charge is 0.255 e. The van der Waals surface area contributed by atoms with Crippen LogP contribution in [0, 0.1) is 6.92 Å². The van der Waals surface area contributed by atoms with Crippen molar-refractivity contribution >= 4 is 5.91 Å². The molecule has 0 bridgehead atoms. The quantitative estimate of drug-likeness (QED) is 0.815. The van der Waals surface area contributed by atoms with Crippen LogP contribution in [0.4, 0.5) is 0 Å². The van der Waals surface area contributed by atoms with Crippen LogP contribution in [0.1, 0.15) is 36.0 Å². The predicted octanol–water partition coefficient (Wildman–Crippen LogP) is 2.07. The van der Waals surface area contributed by atoms with Crippen molar-refractivity contribution in [3.63, 3.8) is 0 Å². The summed E-state index contributed by atoms with van der Waals surface area (Å²) < 4.78 is 16.9. The van der Waals surface area contributed by atoms with E-state index in [1.54, 1.807) is 6.92 Å². The summed E-state index contributed by atoms with van der Waals surface area (Å²) in [6.45, 7) is 4.49. The summed E-state index contributed by atoms with van der Waals surface area (Å²) in [6.07, 6.45) is 1.17. The Hall–Kier alpha value is -2.25. The van der Waals surface area contributed by atoms with Crippen LogP contribution >= 0.6 is 0 Å². The SMILES string of the molecule is Cc1noc(C2CN(C(=O)C3(OCc4ccccc4)CCOCC3)C2)n1. The van der Waals surface area contributed by atoms with E-state index >= 15 is 0 Å². The van der Waals surface area contributed by atoms with E-state index in [9.17, 15) is 4.79 Å². The maximum Gasteiger partial charge on any atom is 0.255 e. The standard InChI is InChI=1S/C19H23N3O4/c1-14-20-17(26-21-14)16-11-22(12-16)18(23)19(7-9-24-10-8-19)25-13-15-5-3-2-4-6-15/h2-6,16H,7-13H2,1H3. The van der Waals surface area contributed by atoms with Crippen LogP contribution in [0.15, 0.2) is 34.9 Å². The Morgan fingerprint density at radius 2 is 2.00 bits per heavy atom. The summed E-state index contributed by atoms with van der Waals surface area (Å²) in [4.78, 5) is 19.3. The van der Waals surface area contributed by atoms with Gasteiger partial charge < -0.3 is 18.9 Å². The first-order valence-electron chi connectivity index (χ1n) is 9.01. The zero-order valence-electron chi connectivity index (χ0n) is 14.9. The highest BCUT2D eigenvalue weighted by atomic mass is 16.5. The summed E-state index contributed by atoms with van der Waals surface area (Å²) in [5.41, 5.74) is 0.262. The van der Waals surface area contributed by atoms with Crippen molar-refractivity contribution in [2.75, 3.05) is 26.3 Å². The minimum atomic E-state index is -0.802. The molecule has 0 N–H and O–H groups in total. The van der Waals surface area contributed by atoms with Gasteiger partial charge in [0.2, 0.25) is 5.89 Å². The number of aryl methyl sites for hydroxylation is 1. The van der Waals surface area contributed by atoms with Crippen LogP contribution in [0.25, 0.3) is 0 Å². The number of hydrogen-bond donors (Lipinski definition) is 0. The Morgan fingerprint density at radius 3 is 2.65 bits per heavy atom. The largest absolute Gasteiger partial charge is 0.381 e. The molecule has 138 valence electrons. The summed E-state index contributed by atoms with van der Waals surface area (Å²) in [6, 6.07) is 9.94. The minimum Gasteiger partial charge on any atom is -0.381 e. The number of carbonyl (C=O) groups is 1. The van der Waals surface area contributed by atoms with Gasteiger partial charge in [0, 0.05) is 39.1 Å². The molecule has 0 radical (unpaired) electrons. The second-order valence-electron chi connectivity index (χ2n) is 6.97. The molecule has 7 heteroatoms. The van der Waals surface area contributed by atoms with Gasteiger partial charge in [-0.05, 0) is 12.5 Å². The lowest BCUT2D eigenvalue weighted by molar-refractivity contribution is -0.178. The second-order valence-corrected chi connectivity index (χ2v) is 6.97. The molecule has 2 aromatic rings. The van der Waals surface area contributed by atoms with E-state index in [-0.39, 0.29) is 11.8 Å². The Morgan fingerprint density at radius 1 is 1.27 bits per heavy atom. The van der Waals surface area contributed by atoms with E-state index in [2.05, 4.69) is 10.1 Å². The van der Waals surface area contributed by atoms with Crippen LogP contribution < -0.4 is 0 Å². The average molecular weight is 357 g/mol. The van der Waals surface area contributed by atoms with Gasteiger partial charge in [0.15, 0.2) is 11.4 Å². The molecule has 1 aromatic carbocycles. The van der Waals surface area contributed by atoms with Gasteiger partial charge in [-0.15, -0.1) is 0 Å². The molecule has 0 saturated carbocycles. The summed E-state index contributed by atoms with van der Waals surface area (Å²) in [7, 11) is 0. The van der Waals surface area contributed by atoms with Crippen molar-refractivity contribution in [2.24, 2.45) is 0 Å². The zero-order valence-corrected chi connectivity index (χ0v) is 14.9. The van der Waals surface area contributed by atoms with Gasteiger partial charge in [-0.2, -0.15) is 4.98 Å². The first-order valence-corrected chi connectivity index (χ1v) is 9.01. The fourth-order valence-corrected chi connectivity index (χ4v) is 3.48. The third-order valence-corrected chi connectivity index (χ3v) is 5.11. The van der Waals surface area contributed by atoms with Gasteiger partial charge >= 0.3 is 0 Å². The summed E-state index contributed by atoms with van der Waals surface area (Å²) in [5, 5.41) is 3.83. The molecule has 2 aliphatic rings. The molecular weight excluding hydrogens is 334 g/mol. The summed E-state index contributed by atoms with van der Waals surface area (Å²) >= 11 is 0. The van der Waals surface area contributed by atoms with Crippen LogP contribution in [0.2, 0.25) is 0 Å². The molecule has 0 spiro atoms. The van der Waals surface area contributed by atoms with E-state index in [0.29, 0.717) is 57.5 Å². The van der Waals surface area contributed by atoms with E-state index in [1.807, 2.05) is 35.2 Å². The number of likely N-dealkylation sites (tertiary alicyclic amines) is 1. The first-order chi connectivity index (χ1) is 12.7. The number of benzene rings is 1. The van der Waals surface area contributed by atoms with E-state index in [0.717, 1.165) is 5.56 Å². The maximum absolute atomic E-state index is 13.2. The third-order valence-electron chi connectivity index (χ3n) is 5.11. The van der Waals surface area contributed by atoms with Gasteiger partial charge in [0.05, 0.1) is 12.5 Å². The molecule has 3 heterocycles. The highest BCUT2D eigenvalue weighted by molar-refractivity contribution is 5.86. The number of aromatic nitrogens is 2. The Balaban J connectivity index is 1.42. The van der Waals surface area contributed by atoms with Crippen molar-refractivity contribution in [2.45, 2.75) is 37.9 Å². The topological polar surface area (TPSA) is 77.7 Å². The average Bonchev–Trinajstić information content (AvgIpc) is 3.06. The van der Waals surface area contributed by atoms with Crippen molar-refractivity contribution < 1.29 is 18.8 Å². The predicted molar refractivity (Wildman–Crippen MR) is 92.4 cm³/mol. The number of rotatable bonds is 5. The van der Waals surface area contributed by atoms with E-state index in [1.165, 1.54) is 0 Å². The number of carbonyl (C=O) groups excluding carboxylic acids is 1. The third kappa shape index (κ3) is 3.37.